The average molecular weight is 254 g/mol. The first-order chi connectivity index (χ1) is 5.09. The monoisotopic (exact) mass is 252 g/mol. The molecule has 11 heavy (non-hydrogen) atoms. The molecule has 0 fully saturated rings. The lowest BCUT2D eigenvalue weighted by molar-refractivity contribution is 0.109. The summed E-state index contributed by atoms with van der Waals surface area (Å²) in [6.07, 6.45) is 0. The number of benzene rings is 1. The number of rotatable bonds is 1. The highest BCUT2D eigenvalue weighted by Crippen LogP contribution is 2.20. The molecular weight excluding hydrogens is 251 g/mol. The molecule has 0 aliphatic rings. The molecule has 0 unspecified atom stereocenters. The fourth-order valence-corrected chi connectivity index (χ4v) is 1.42. The van der Waals surface area contributed by atoms with Gasteiger partial charge in [-0.25, -0.2) is 0 Å². The first kappa shape index (κ1) is 9.04. The van der Waals surface area contributed by atoms with Crippen LogP contribution in [-0.2, 0) is 0 Å². The van der Waals surface area contributed by atoms with E-state index in [0.29, 0.717) is 15.6 Å². The van der Waals surface area contributed by atoms with Crippen LogP contribution in [0.5, 0.6) is 0 Å². The van der Waals surface area contributed by atoms with Crippen molar-refractivity contribution >= 4 is 43.8 Å². The summed E-state index contributed by atoms with van der Waals surface area (Å²) in [4.78, 5) is 10.7. The van der Waals surface area contributed by atoms with Crippen LogP contribution in [0.25, 0.3) is 0 Å². The standard InChI is InChI=1S/C7H3BrCl2O/c8-7(11)4-1-5(9)3-6(10)2-4/h1-3H. The van der Waals surface area contributed by atoms with E-state index in [4.69, 9.17) is 23.2 Å². The molecule has 1 rings (SSSR count). The van der Waals surface area contributed by atoms with Crippen LogP contribution in [0.15, 0.2) is 18.2 Å². The Bertz CT molecular complexity index is 278. The SMILES string of the molecule is O=C(Br)c1cc(Cl)cc(Cl)c1. The van der Waals surface area contributed by atoms with Crippen LogP contribution in [0.3, 0.4) is 0 Å². The molecule has 0 saturated carbocycles. The lowest BCUT2D eigenvalue weighted by Crippen LogP contribution is -1.86. The molecule has 0 aliphatic carbocycles. The second-order valence-electron chi connectivity index (χ2n) is 1.93. The smallest absolute Gasteiger partial charge is 0.228 e. The predicted octanol–water partition coefficient (Wildman–Crippen LogP) is 3.53. The quantitative estimate of drug-likeness (QED) is 0.700. The zero-order valence-corrected chi connectivity index (χ0v) is 8.37. The van der Waals surface area contributed by atoms with Crippen molar-refractivity contribution < 1.29 is 4.79 Å². The maximum Gasteiger partial charge on any atom is 0.228 e. The third-order valence-electron chi connectivity index (χ3n) is 1.09. The van der Waals surface area contributed by atoms with E-state index in [1.165, 1.54) is 0 Å². The summed E-state index contributed by atoms with van der Waals surface area (Å²) in [5.74, 6) is 0. The third-order valence-corrected chi connectivity index (χ3v) is 1.98. The van der Waals surface area contributed by atoms with Crippen molar-refractivity contribution in [3.8, 4) is 0 Å². The van der Waals surface area contributed by atoms with Gasteiger partial charge >= 0.3 is 0 Å². The molecule has 0 aromatic heterocycles. The first-order valence-corrected chi connectivity index (χ1v) is 4.30. The average Bonchev–Trinajstić information content (AvgIpc) is 1.85. The van der Waals surface area contributed by atoms with Crippen LogP contribution >= 0.6 is 39.1 Å². The Morgan fingerprint density at radius 3 is 2.00 bits per heavy atom. The molecule has 1 aromatic carbocycles. The molecule has 0 spiro atoms. The molecule has 0 amide bonds. The van der Waals surface area contributed by atoms with E-state index in [0.717, 1.165) is 0 Å². The van der Waals surface area contributed by atoms with Crippen LogP contribution in [-0.4, -0.2) is 4.69 Å². The Kier molecular flexibility index (Phi) is 2.93. The fraction of sp³-hybridized carbons (Fsp3) is 0. The molecule has 4 heteroatoms. The fourth-order valence-electron chi connectivity index (χ4n) is 0.667. The summed E-state index contributed by atoms with van der Waals surface area (Å²) < 4.78 is -0.220. The van der Waals surface area contributed by atoms with Crippen molar-refractivity contribution in [3.63, 3.8) is 0 Å². The van der Waals surface area contributed by atoms with E-state index in [9.17, 15) is 4.79 Å². The molecule has 1 aromatic rings. The van der Waals surface area contributed by atoms with Crippen molar-refractivity contribution in [1.82, 2.24) is 0 Å². The molecule has 0 N–H and O–H groups in total. The van der Waals surface area contributed by atoms with E-state index in [2.05, 4.69) is 15.9 Å². The van der Waals surface area contributed by atoms with Gasteiger partial charge in [-0.05, 0) is 34.1 Å². The van der Waals surface area contributed by atoms with E-state index < -0.39 is 0 Å². The van der Waals surface area contributed by atoms with Crippen LogP contribution < -0.4 is 0 Å². The van der Waals surface area contributed by atoms with E-state index in [1.54, 1.807) is 18.2 Å². The lowest BCUT2D eigenvalue weighted by Gasteiger charge is -1.95. The van der Waals surface area contributed by atoms with Crippen molar-refractivity contribution in [2.45, 2.75) is 0 Å². The van der Waals surface area contributed by atoms with Gasteiger partial charge in [0, 0.05) is 15.6 Å². The van der Waals surface area contributed by atoms with Crippen molar-refractivity contribution in [2.24, 2.45) is 0 Å². The zero-order chi connectivity index (χ0) is 8.43. The summed E-state index contributed by atoms with van der Waals surface area (Å²) >= 11 is 14.1. The van der Waals surface area contributed by atoms with Gasteiger partial charge in [-0.2, -0.15) is 0 Å². The third kappa shape index (κ3) is 2.47. The molecule has 1 nitrogen and oxygen atoms in total. The maximum atomic E-state index is 10.7. The Labute approximate surface area is 82.4 Å². The van der Waals surface area contributed by atoms with Crippen molar-refractivity contribution in [3.05, 3.63) is 33.8 Å². The van der Waals surface area contributed by atoms with Gasteiger partial charge in [0.05, 0.1) is 0 Å². The highest BCUT2D eigenvalue weighted by molar-refractivity contribution is 9.18. The summed E-state index contributed by atoms with van der Waals surface area (Å²) in [6.45, 7) is 0. The molecule has 0 atom stereocenters. The Hall–Kier alpha value is -0.0500. The van der Waals surface area contributed by atoms with Gasteiger partial charge in [0.15, 0.2) is 0 Å². The van der Waals surface area contributed by atoms with Crippen LogP contribution in [0.1, 0.15) is 10.4 Å². The van der Waals surface area contributed by atoms with Gasteiger partial charge in [-0.3, -0.25) is 4.79 Å². The number of carbonyl (C=O) groups is 1. The maximum absolute atomic E-state index is 10.7. The van der Waals surface area contributed by atoms with Gasteiger partial charge in [0.1, 0.15) is 0 Å². The van der Waals surface area contributed by atoms with E-state index in [1.807, 2.05) is 0 Å². The summed E-state index contributed by atoms with van der Waals surface area (Å²) in [6, 6.07) is 4.66. The second kappa shape index (κ2) is 3.57. The molecule has 0 bridgehead atoms. The largest absolute Gasteiger partial charge is 0.281 e. The van der Waals surface area contributed by atoms with Gasteiger partial charge in [0.2, 0.25) is 4.69 Å². The number of halogens is 3. The number of hydrogen-bond donors (Lipinski definition) is 0. The van der Waals surface area contributed by atoms with Crippen LogP contribution in [0, 0.1) is 0 Å². The lowest BCUT2D eigenvalue weighted by atomic mass is 10.2. The van der Waals surface area contributed by atoms with E-state index in [-0.39, 0.29) is 4.69 Å². The minimum Gasteiger partial charge on any atom is -0.281 e. The summed E-state index contributed by atoms with van der Waals surface area (Å²) in [7, 11) is 0. The first-order valence-electron chi connectivity index (χ1n) is 2.75. The Balaban J connectivity index is 3.19. The number of hydrogen-bond acceptors (Lipinski definition) is 1. The van der Waals surface area contributed by atoms with Crippen LogP contribution in [0.2, 0.25) is 10.0 Å². The highest BCUT2D eigenvalue weighted by Gasteiger charge is 2.02. The Morgan fingerprint density at radius 1 is 1.18 bits per heavy atom. The predicted molar refractivity (Wildman–Crippen MR) is 49.7 cm³/mol. The van der Waals surface area contributed by atoms with Crippen molar-refractivity contribution in [2.75, 3.05) is 0 Å². The van der Waals surface area contributed by atoms with Crippen LogP contribution in [0.4, 0.5) is 0 Å². The highest BCUT2D eigenvalue weighted by atomic mass is 79.9. The van der Waals surface area contributed by atoms with Gasteiger partial charge in [-0.15, -0.1) is 0 Å². The zero-order valence-electron chi connectivity index (χ0n) is 5.27. The van der Waals surface area contributed by atoms with Gasteiger partial charge in [0.25, 0.3) is 0 Å². The minimum absolute atomic E-state index is 0.220. The Morgan fingerprint density at radius 2 is 1.64 bits per heavy atom. The molecule has 58 valence electrons. The van der Waals surface area contributed by atoms with Gasteiger partial charge in [-0.1, -0.05) is 23.2 Å². The molecular formula is C7H3BrCl2O. The summed E-state index contributed by atoms with van der Waals surface area (Å²) in [5.41, 5.74) is 0.461. The molecule has 0 heterocycles. The normalized spacial score (nSPS) is 9.73. The van der Waals surface area contributed by atoms with Gasteiger partial charge < -0.3 is 0 Å². The molecule has 0 saturated heterocycles. The van der Waals surface area contributed by atoms with E-state index >= 15 is 0 Å². The minimum atomic E-state index is -0.220. The molecule has 0 radical (unpaired) electrons. The molecule has 0 aliphatic heterocycles. The second-order valence-corrected chi connectivity index (χ2v) is 3.52. The van der Waals surface area contributed by atoms with Crippen molar-refractivity contribution in [1.29, 1.82) is 0 Å². The summed E-state index contributed by atoms with van der Waals surface area (Å²) in [5, 5.41) is 0.917. The topological polar surface area (TPSA) is 17.1 Å². The number of carbonyl (C=O) groups excluding carboxylic acids is 1.